The molecule has 0 saturated heterocycles. The van der Waals surface area contributed by atoms with Crippen LogP contribution in [0.15, 0.2) is 46.9 Å². The molecule has 0 aromatic heterocycles. The van der Waals surface area contributed by atoms with E-state index in [4.69, 9.17) is 0 Å². The highest BCUT2D eigenvalue weighted by molar-refractivity contribution is 9.10. The van der Waals surface area contributed by atoms with Crippen molar-refractivity contribution in [3.63, 3.8) is 0 Å². The quantitative estimate of drug-likeness (QED) is 0.923. The fourth-order valence-corrected chi connectivity index (χ4v) is 2.35. The van der Waals surface area contributed by atoms with E-state index < -0.39 is 0 Å². The van der Waals surface area contributed by atoms with E-state index in [0.29, 0.717) is 12.1 Å². The molecule has 0 bridgehead atoms. The maximum Gasteiger partial charge on any atom is 0.117 e. The molecule has 3 nitrogen and oxygen atoms in total. The van der Waals surface area contributed by atoms with E-state index in [1.165, 1.54) is 0 Å². The highest BCUT2D eigenvalue weighted by Gasteiger charge is 2.12. The molecule has 0 aliphatic carbocycles. The summed E-state index contributed by atoms with van der Waals surface area (Å²) in [5, 5.41) is 18.8. The standard InChI is InChI=1S/C15H13BrN2O/c1-2-18(13-4-3-5-14(19)9-13)15-7-6-12(16)8-11(15)10-17/h3-9,19H,2H2,1H3. The molecule has 0 aliphatic rings. The lowest BCUT2D eigenvalue weighted by Crippen LogP contribution is -2.17. The second-order valence-electron chi connectivity index (χ2n) is 4.04. The Kier molecular flexibility index (Phi) is 4.08. The third-order valence-corrected chi connectivity index (χ3v) is 3.32. The van der Waals surface area contributed by atoms with Crippen molar-refractivity contribution in [1.29, 1.82) is 5.26 Å². The average molecular weight is 317 g/mol. The van der Waals surface area contributed by atoms with Gasteiger partial charge < -0.3 is 10.0 Å². The Morgan fingerprint density at radius 3 is 2.68 bits per heavy atom. The van der Waals surface area contributed by atoms with Crippen LogP contribution in [0, 0.1) is 11.3 Å². The van der Waals surface area contributed by atoms with Crippen LogP contribution in [0.1, 0.15) is 12.5 Å². The van der Waals surface area contributed by atoms with E-state index in [-0.39, 0.29) is 5.75 Å². The Bertz CT molecular complexity index is 634. The number of anilines is 2. The third-order valence-electron chi connectivity index (χ3n) is 2.83. The molecule has 96 valence electrons. The van der Waals surface area contributed by atoms with Crippen molar-refractivity contribution in [3.05, 3.63) is 52.5 Å². The molecule has 0 saturated carbocycles. The molecule has 19 heavy (non-hydrogen) atoms. The minimum atomic E-state index is 0.214. The van der Waals surface area contributed by atoms with Crippen molar-refractivity contribution >= 4 is 27.3 Å². The number of nitriles is 1. The van der Waals surface area contributed by atoms with Crippen molar-refractivity contribution < 1.29 is 5.11 Å². The molecule has 2 rings (SSSR count). The summed E-state index contributed by atoms with van der Waals surface area (Å²) in [6.07, 6.45) is 0. The first kappa shape index (κ1) is 13.4. The summed E-state index contributed by atoms with van der Waals surface area (Å²) in [5.74, 6) is 0.214. The van der Waals surface area contributed by atoms with Gasteiger partial charge in [-0.3, -0.25) is 0 Å². The summed E-state index contributed by atoms with van der Waals surface area (Å²) in [6, 6.07) is 14.8. The van der Waals surface area contributed by atoms with Crippen molar-refractivity contribution in [3.8, 4) is 11.8 Å². The molecule has 0 unspecified atom stereocenters. The van der Waals surface area contributed by atoms with Crippen molar-refractivity contribution in [2.24, 2.45) is 0 Å². The van der Waals surface area contributed by atoms with E-state index >= 15 is 0 Å². The summed E-state index contributed by atoms with van der Waals surface area (Å²) >= 11 is 3.37. The van der Waals surface area contributed by atoms with E-state index in [0.717, 1.165) is 15.8 Å². The van der Waals surface area contributed by atoms with Crippen LogP contribution < -0.4 is 4.90 Å². The fraction of sp³-hybridized carbons (Fsp3) is 0.133. The monoisotopic (exact) mass is 316 g/mol. The van der Waals surface area contributed by atoms with Crippen LogP contribution in [-0.4, -0.2) is 11.7 Å². The zero-order valence-corrected chi connectivity index (χ0v) is 12.1. The fourth-order valence-electron chi connectivity index (χ4n) is 1.99. The summed E-state index contributed by atoms with van der Waals surface area (Å²) in [6.45, 7) is 2.72. The highest BCUT2D eigenvalue weighted by atomic mass is 79.9. The number of halogens is 1. The number of phenolic OH excluding ortho intramolecular Hbond substituents is 1. The molecule has 0 heterocycles. The lowest BCUT2D eigenvalue weighted by atomic mass is 10.1. The SMILES string of the molecule is CCN(c1cccc(O)c1)c1ccc(Br)cc1C#N. The molecule has 1 N–H and O–H groups in total. The van der Waals surface area contributed by atoms with Crippen LogP contribution >= 0.6 is 15.9 Å². The number of rotatable bonds is 3. The van der Waals surface area contributed by atoms with Crippen LogP contribution in [0.3, 0.4) is 0 Å². The molecule has 2 aromatic carbocycles. The first-order chi connectivity index (χ1) is 9.15. The molecular weight excluding hydrogens is 304 g/mol. The van der Waals surface area contributed by atoms with Crippen LogP contribution in [0.2, 0.25) is 0 Å². The molecule has 2 aromatic rings. The molecule has 0 aliphatic heterocycles. The van der Waals surface area contributed by atoms with Gasteiger partial charge in [0.25, 0.3) is 0 Å². The van der Waals surface area contributed by atoms with E-state index in [9.17, 15) is 10.4 Å². The first-order valence-electron chi connectivity index (χ1n) is 5.92. The van der Waals surface area contributed by atoms with Crippen LogP contribution in [0.5, 0.6) is 5.75 Å². The van der Waals surface area contributed by atoms with Gasteiger partial charge in [0.05, 0.1) is 11.3 Å². The van der Waals surface area contributed by atoms with Gasteiger partial charge in [-0.05, 0) is 37.3 Å². The number of aromatic hydroxyl groups is 1. The van der Waals surface area contributed by atoms with Crippen LogP contribution in [0.4, 0.5) is 11.4 Å². The van der Waals surface area contributed by atoms with Gasteiger partial charge in [0, 0.05) is 22.8 Å². The van der Waals surface area contributed by atoms with Crippen molar-refractivity contribution in [2.45, 2.75) is 6.92 Å². The van der Waals surface area contributed by atoms with Gasteiger partial charge in [-0.2, -0.15) is 5.26 Å². The second-order valence-corrected chi connectivity index (χ2v) is 4.95. The van der Waals surface area contributed by atoms with Gasteiger partial charge in [-0.25, -0.2) is 0 Å². The minimum absolute atomic E-state index is 0.214. The van der Waals surface area contributed by atoms with Crippen molar-refractivity contribution in [2.75, 3.05) is 11.4 Å². The Morgan fingerprint density at radius 1 is 1.26 bits per heavy atom. The lowest BCUT2D eigenvalue weighted by Gasteiger charge is -2.24. The summed E-state index contributed by atoms with van der Waals surface area (Å²) in [7, 11) is 0. The molecule has 0 fully saturated rings. The molecule has 0 atom stereocenters. The molecule has 0 radical (unpaired) electrons. The number of benzene rings is 2. The number of phenols is 1. The Balaban J connectivity index is 2.52. The van der Waals surface area contributed by atoms with Crippen molar-refractivity contribution in [1.82, 2.24) is 0 Å². The van der Waals surface area contributed by atoms with E-state index in [1.807, 2.05) is 30.0 Å². The summed E-state index contributed by atoms with van der Waals surface area (Å²) in [4.78, 5) is 1.99. The average Bonchev–Trinajstić information content (AvgIpc) is 2.41. The smallest absolute Gasteiger partial charge is 0.117 e. The van der Waals surface area contributed by atoms with E-state index in [2.05, 4.69) is 22.0 Å². The largest absolute Gasteiger partial charge is 0.508 e. The number of hydrogen-bond donors (Lipinski definition) is 1. The van der Waals surface area contributed by atoms with Gasteiger partial charge in [-0.15, -0.1) is 0 Å². The number of hydrogen-bond acceptors (Lipinski definition) is 3. The second kappa shape index (κ2) is 5.77. The van der Waals surface area contributed by atoms with Gasteiger partial charge in [0.1, 0.15) is 11.8 Å². The molecule has 0 spiro atoms. The van der Waals surface area contributed by atoms with Gasteiger partial charge in [0.15, 0.2) is 0 Å². The Hall–Kier alpha value is -1.99. The van der Waals surface area contributed by atoms with Gasteiger partial charge in [0.2, 0.25) is 0 Å². The molecular formula is C15H13BrN2O. The first-order valence-corrected chi connectivity index (χ1v) is 6.71. The molecule has 4 heteroatoms. The lowest BCUT2D eigenvalue weighted by molar-refractivity contribution is 0.475. The van der Waals surface area contributed by atoms with Crippen LogP contribution in [-0.2, 0) is 0 Å². The normalized spacial score (nSPS) is 9.95. The third kappa shape index (κ3) is 2.88. The summed E-state index contributed by atoms with van der Waals surface area (Å²) < 4.78 is 0.875. The Labute approximate surface area is 120 Å². The molecule has 0 amide bonds. The Morgan fingerprint density at radius 2 is 2.05 bits per heavy atom. The minimum Gasteiger partial charge on any atom is -0.508 e. The van der Waals surface area contributed by atoms with Gasteiger partial charge in [-0.1, -0.05) is 22.0 Å². The van der Waals surface area contributed by atoms with E-state index in [1.54, 1.807) is 24.3 Å². The predicted molar refractivity (Wildman–Crippen MR) is 79.6 cm³/mol. The maximum absolute atomic E-state index is 9.58. The maximum atomic E-state index is 9.58. The topological polar surface area (TPSA) is 47.3 Å². The zero-order valence-electron chi connectivity index (χ0n) is 10.5. The predicted octanol–water partition coefficient (Wildman–Crippen LogP) is 4.18. The zero-order chi connectivity index (χ0) is 13.8. The van der Waals surface area contributed by atoms with Crippen LogP contribution in [0.25, 0.3) is 0 Å². The number of nitrogens with zero attached hydrogens (tertiary/aromatic N) is 2. The summed E-state index contributed by atoms with van der Waals surface area (Å²) in [5.41, 5.74) is 2.29. The van der Waals surface area contributed by atoms with Gasteiger partial charge >= 0.3 is 0 Å². The highest BCUT2D eigenvalue weighted by Crippen LogP contribution is 2.31.